The van der Waals surface area contributed by atoms with Crippen LogP contribution in [-0.2, 0) is 11.2 Å². The van der Waals surface area contributed by atoms with Gasteiger partial charge in [-0.25, -0.2) is 0 Å². The molecule has 126 valence electrons. The molecule has 1 N–H and O–H groups in total. The predicted octanol–water partition coefficient (Wildman–Crippen LogP) is 5.32. The van der Waals surface area contributed by atoms with Crippen molar-refractivity contribution in [1.82, 2.24) is 0 Å². The van der Waals surface area contributed by atoms with E-state index < -0.39 is 0 Å². The van der Waals surface area contributed by atoms with Gasteiger partial charge < -0.3 is 5.32 Å². The molecule has 0 aromatic heterocycles. The van der Waals surface area contributed by atoms with Crippen molar-refractivity contribution in [3.05, 3.63) is 95.6 Å². The molecule has 0 saturated carbocycles. The first kappa shape index (κ1) is 17.3. The van der Waals surface area contributed by atoms with Crippen molar-refractivity contribution < 1.29 is 4.79 Å². The molecule has 0 spiro atoms. The minimum absolute atomic E-state index is 0.0220. The number of amides is 1. The summed E-state index contributed by atoms with van der Waals surface area (Å²) >= 11 is 1.57. The zero-order valence-corrected chi connectivity index (χ0v) is 15.1. The molecule has 0 saturated heterocycles. The van der Waals surface area contributed by atoms with Crippen molar-refractivity contribution in [3.63, 3.8) is 0 Å². The zero-order chi connectivity index (χ0) is 17.5. The molecule has 0 fully saturated rings. The summed E-state index contributed by atoms with van der Waals surface area (Å²) in [5, 5.41) is 3.06. The average molecular weight is 347 g/mol. The zero-order valence-electron chi connectivity index (χ0n) is 14.2. The van der Waals surface area contributed by atoms with E-state index in [1.54, 1.807) is 11.8 Å². The quantitative estimate of drug-likeness (QED) is 0.612. The summed E-state index contributed by atoms with van der Waals surface area (Å²) in [6.45, 7) is 2.06. The number of nitrogens with one attached hydrogen (secondary N) is 1. The number of para-hydroxylation sites is 1. The maximum atomic E-state index is 12.4. The van der Waals surface area contributed by atoms with E-state index in [-0.39, 0.29) is 5.91 Å². The Morgan fingerprint density at radius 3 is 2.36 bits per heavy atom. The Labute approximate surface area is 153 Å². The predicted molar refractivity (Wildman–Crippen MR) is 106 cm³/mol. The van der Waals surface area contributed by atoms with E-state index in [0.29, 0.717) is 5.75 Å². The van der Waals surface area contributed by atoms with Crippen LogP contribution in [0.1, 0.15) is 16.7 Å². The number of hydrogen-bond donors (Lipinski definition) is 1. The largest absolute Gasteiger partial charge is 0.325 e. The van der Waals surface area contributed by atoms with E-state index in [9.17, 15) is 4.79 Å². The maximum Gasteiger partial charge on any atom is 0.234 e. The Kier molecular flexibility index (Phi) is 5.91. The van der Waals surface area contributed by atoms with Crippen molar-refractivity contribution in [2.75, 3.05) is 11.1 Å². The Morgan fingerprint density at radius 1 is 0.880 bits per heavy atom. The lowest BCUT2D eigenvalue weighted by Gasteiger charge is -2.11. The molecule has 3 aromatic rings. The van der Waals surface area contributed by atoms with Gasteiger partial charge in [0.15, 0.2) is 0 Å². The number of anilines is 1. The topological polar surface area (TPSA) is 29.1 Å². The number of hydrogen-bond acceptors (Lipinski definition) is 2. The van der Waals surface area contributed by atoms with Crippen LogP contribution in [0.3, 0.4) is 0 Å². The summed E-state index contributed by atoms with van der Waals surface area (Å²) < 4.78 is 0. The third kappa shape index (κ3) is 4.97. The molecule has 0 aliphatic heterocycles. The van der Waals surface area contributed by atoms with E-state index in [1.165, 1.54) is 11.1 Å². The van der Waals surface area contributed by atoms with Crippen LogP contribution in [0.2, 0.25) is 0 Å². The fraction of sp³-hybridized carbons (Fsp3) is 0.136. The van der Waals surface area contributed by atoms with Gasteiger partial charge in [-0.2, -0.15) is 0 Å². The van der Waals surface area contributed by atoms with Gasteiger partial charge in [-0.15, -0.1) is 11.8 Å². The van der Waals surface area contributed by atoms with E-state index in [1.807, 2.05) is 48.5 Å². The van der Waals surface area contributed by atoms with Crippen LogP contribution in [0, 0.1) is 6.92 Å². The number of benzene rings is 3. The monoisotopic (exact) mass is 347 g/mol. The summed E-state index contributed by atoms with van der Waals surface area (Å²) in [4.78, 5) is 13.5. The second-order valence-electron chi connectivity index (χ2n) is 5.92. The molecule has 3 heteroatoms. The molecule has 1 amide bonds. The van der Waals surface area contributed by atoms with Crippen LogP contribution in [0.25, 0.3) is 0 Å². The summed E-state index contributed by atoms with van der Waals surface area (Å²) in [6.07, 6.45) is 0.808. The fourth-order valence-electron chi connectivity index (χ4n) is 2.66. The number of aryl methyl sites for hydroxylation is 1. The first-order valence-corrected chi connectivity index (χ1v) is 9.31. The maximum absolute atomic E-state index is 12.4. The lowest BCUT2D eigenvalue weighted by Crippen LogP contribution is -2.15. The molecule has 3 aromatic carbocycles. The average Bonchev–Trinajstić information content (AvgIpc) is 2.64. The van der Waals surface area contributed by atoms with Crippen LogP contribution in [-0.4, -0.2) is 11.7 Å². The normalized spacial score (nSPS) is 10.4. The van der Waals surface area contributed by atoms with Crippen molar-refractivity contribution in [2.24, 2.45) is 0 Å². The first-order chi connectivity index (χ1) is 12.2. The number of thioether (sulfide) groups is 1. The second kappa shape index (κ2) is 8.54. The highest BCUT2D eigenvalue weighted by Crippen LogP contribution is 2.23. The minimum Gasteiger partial charge on any atom is -0.325 e. The molecule has 2 nitrogen and oxygen atoms in total. The Hall–Kier alpha value is -2.52. The standard InChI is InChI=1S/C22H21NOS/c1-17-9-5-8-14-21(17)25-16-22(24)23-20-13-7-6-12-19(20)15-18-10-3-2-4-11-18/h2-14H,15-16H2,1H3,(H,23,24). The molecule has 0 bridgehead atoms. The molecule has 3 rings (SSSR count). The number of carbonyl (C=O) groups is 1. The van der Waals surface area contributed by atoms with Gasteiger partial charge in [-0.1, -0.05) is 66.7 Å². The van der Waals surface area contributed by atoms with E-state index in [4.69, 9.17) is 0 Å². The van der Waals surface area contributed by atoms with Crippen LogP contribution < -0.4 is 5.32 Å². The summed E-state index contributed by atoms with van der Waals surface area (Å²) in [6, 6.07) is 26.4. The van der Waals surface area contributed by atoms with Gasteiger partial charge >= 0.3 is 0 Å². The van der Waals surface area contributed by atoms with Gasteiger partial charge in [0.2, 0.25) is 5.91 Å². The van der Waals surface area contributed by atoms with Gasteiger partial charge in [0, 0.05) is 10.6 Å². The lowest BCUT2D eigenvalue weighted by molar-refractivity contribution is -0.113. The lowest BCUT2D eigenvalue weighted by atomic mass is 10.0. The van der Waals surface area contributed by atoms with Crippen molar-refractivity contribution in [2.45, 2.75) is 18.2 Å². The van der Waals surface area contributed by atoms with Crippen molar-refractivity contribution in [3.8, 4) is 0 Å². The van der Waals surface area contributed by atoms with Crippen LogP contribution >= 0.6 is 11.8 Å². The first-order valence-electron chi connectivity index (χ1n) is 8.32. The van der Waals surface area contributed by atoms with Crippen LogP contribution in [0.4, 0.5) is 5.69 Å². The van der Waals surface area contributed by atoms with Crippen LogP contribution in [0.15, 0.2) is 83.8 Å². The number of carbonyl (C=O) groups excluding carboxylic acids is 1. The van der Waals surface area contributed by atoms with Gasteiger partial charge in [0.1, 0.15) is 0 Å². The third-order valence-corrected chi connectivity index (χ3v) is 5.16. The minimum atomic E-state index is 0.0220. The highest BCUT2D eigenvalue weighted by molar-refractivity contribution is 8.00. The molecular formula is C22H21NOS. The molecule has 0 aliphatic rings. The second-order valence-corrected chi connectivity index (χ2v) is 6.94. The van der Waals surface area contributed by atoms with Gasteiger partial charge in [0.05, 0.1) is 5.75 Å². The Bertz CT molecular complexity index is 845. The van der Waals surface area contributed by atoms with Crippen molar-refractivity contribution >= 4 is 23.4 Å². The Balaban J connectivity index is 1.64. The molecule has 0 radical (unpaired) electrons. The van der Waals surface area contributed by atoms with E-state index in [0.717, 1.165) is 22.6 Å². The summed E-state index contributed by atoms with van der Waals surface area (Å²) in [5.74, 6) is 0.429. The number of rotatable bonds is 6. The SMILES string of the molecule is Cc1ccccc1SCC(=O)Nc1ccccc1Cc1ccccc1. The Morgan fingerprint density at radius 2 is 1.56 bits per heavy atom. The highest BCUT2D eigenvalue weighted by atomic mass is 32.2. The van der Waals surface area contributed by atoms with E-state index in [2.05, 4.69) is 42.6 Å². The molecular weight excluding hydrogens is 326 g/mol. The highest BCUT2D eigenvalue weighted by Gasteiger charge is 2.08. The summed E-state index contributed by atoms with van der Waals surface area (Å²) in [7, 11) is 0. The van der Waals surface area contributed by atoms with Crippen LogP contribution in [0.5, 0.6) is 0 Å². The molecule has 0 aliphatic carbocycles. The van der Waals surface area contributed by atoms with Gasteiger partial charge in [-0.05, 0) is 42.2 Å². The third-order valence-electron chi connectivity index (χ3n) is 3.98. The molecule has 0 heterocycles. The van der Waals surface area contributed by atoms with Crippen molar-refractivity contribution in [1.29, 1.82) is 0 Å². The fourth-order valence-corrected chi connectivity index (χ4v) is 3.49. The molecule has 25 heavy (non-hydrogen) atoms. The molecule has 0 unspecified atom stereocenters. The van der Waals surface area contributed by atoms with Gasteiger partial charge in [-0.3, -0.25) is 4.79 Å². The van der Waals surface area contributed by atoms with Gasteiger partial charge in [0.25, 0.3) is 0 Å². The summed E-state index contributed by atoms with van der Waals surface area (Å²) in [5.41, 5.74) is 4.45. The smallest absolute Gasteiger partial charge is 0.234 e. The molecule has 0 atom stereocenters. The van der Waals surface area contributed by atoms with E-state index >= 15 is 0 Å².